The molecule has 1 aromatic rings. The number of hydrogen-bond acceptors (Lipinski definition) is 5. The quantitative estimate of drug-likeness (QED) is 0.875. The van der Waals surface area contributed by atoms with Gasteiger partial charge in [0.15, 0.2) is 0 Å². The highest BCUT2D eigenvalue weighted by molar-refractivity contribution is 5.66. The molecule has 2 aliphatic rings. The number of ether oxygens (including phenoxy) is 2. The SMILES string of the molecule is CN(c1ccncc1N)C1CCOC2(CCOC2)C1. The second-order valence-electron chi connectivity index (χ2n) is 5.53. The topological polar surface area (TPSA) is 60.6 Å². The summed E-state index contributed by atoms with van der Waals surface area (Å²) in [7, 11) is 2.10. The van der Waals surface area contributed by atoms with E-state index in [1.54, 1.807) is 12.4 Å². The second-order valence-corrected chi connectivity index (χ2v) is 5.53. The molecular formula is C14H21N3O2. The van der Waals surface area contributed by atoms with E-state index < -0.39 is 0 Å². The monoisotopic (exact) mass is 263 g/mol. The Labute approximate surface area is 113 Å². The summed E-state index contributed by atoms with van der Waals surface area (Å²) in [5.74, 6) is 0. The molecule has 0 aromatic carbocycles. The molecular weight excluding hydrogens is 242 g/mol. The molecule has 0 aliphatic carbocycles. The Bertz CT molecular complexity index is 446. The smallest absolute Gasteiger partial charge is 0.0956 e. The standard InChI is InChI=1S/C14H21N3O2/c1-17(13-2-5-16-9-12(13)15)11-3-6-19-14(8-11)4-7-18-10-14/h2,5,9,11H,3-4,6-8,10,15H2,1H3. The summed E-state index contributed by atoms with van der Waals surface area (Å²) in [5.41, 5.74) is 7.72. The van der Waals surface area contributed by atoms with Crippen molar-refractivity contribution in [3.05, 3.63) is 18.5 Å². The fourth-order valence-electron chi connectivity index (χ4n) is 3.11. The summed E-state index contributed by atoms with van der Waals surface area (Å²) < 4.78 is 11.5. The van der Waals surface area contributed by atoms with Crippen LogP contribution in [0.5, 0.6) is 0 Å². The van der Waals surface area contributed by atoms with Gasteiger partial charge in [-0.1, -0.05) is 0 Å². The van der Waals surface area contributed by atoms with E-state index in [4.69, 9.17) is 15.2 Å². The molecule has 2 fully saturated rings. The normalized spacial score (nSPS) is 30.7. The summed E-state index contributed by atoms with van der Waals surface area (Å²) in [4.78, 5) is 6.31. The highest BCUT2D eigenvalue weighted by Crippen LogP contribution is 2.36. The molecule has 0 saturated carbocycles. The fraction of sp³-hybridized carbons (Fsp3) is 0.643. The van der Waals surface area contributed by atoms with Gasteiger partial charge in [0.1, 0.15) is 0 Å². The molecule has 3 heterocycles. The van der Waals surface area contributed by atoms with Gasteiger partial charge in [-0.2, -0.15) is 0 Å². The second kappa shape index (κ2) is 4.98. The highest BCUT2D eigenvalue weighted by atomic mass is 16.6. The van der Waals surface area contributed by atoms with Crippen LogP contribution in [0.3, 0.4) is 0 Å². The number of aromatic nitrogens is 1. The number of anilines is 2. The molecule has 5 nitrogen and oxygen atoms in total. The molecule has 2 aliphatic heterocycles. The average Bonchev–Trinajstić information content (AvgIpc) is 2.86. The van der Waals surface area contributed by atoms with Gasteiger partial charge in [0, 0.05) is 38.9 Å². The van der Waals surface area contributed by atoms with E-state index in [0.717, 1.165) is 50.5 Å². The summed E-state index contributed by atoms with van der Waals surface area (Å²) >= 11 is 0. The van der Waals surface area contributed by atoms with Crippen molar-refractivity contribution in [3.63, 3.8) is 0 Å². The molecule has 0 bridgehead atoms. The molecule has 1 spiro atoms. The van der Waals surface area contributed by atoms with Gasteiger partial charge in [-0.25, -0.2) is 0 Å². The van der Waals surface area contributed by atoms with Crippen LogP contribution in [0.25, 0.3) is 0 Å². The fourth-order valence-corrected chi connectivity index (χ4v) is 3.11. The lowest BCUT2D eigenvalue weighted by Crippen LogP contribution is -2.48. The van der Waals surface area contributed by atoms with Crippen molar-refractivity contribution in [2.45, 2.75) is 30.9 Å². The third-order valence-corrected chi connectivity index (χ3v) is 4.29. The third-order valence-electron chi connectivity index (χ3n) is 4.29. The minimum Gasteiger partial charge on any atom is -0.396 e. The molecule has 2 saturated heterocycles. The molecule has 1 aromatic heterocycles. The molecule has 104 valence electrons. The number of pyridine rings is 1. The van der Waals surface area contributed by atoms with Gasteiger partial charge in [-0.3, -0.25) is 4.98 Å². The summed E-state index contributed by atoms with van der Waals surface area (Å²) in [6.45, 7) is 2.33. The molecule has 5 heteroatoms. The predicted molar refractivity (Wildman–Crippen MR) is 74.2 cm³/mol. The van der Waals surface area contributed by atoms with Crippen LogP contribution >= 0.6 is 0 Å². The minimum atomic E-state index is -0.0705. The van der Waals surface area contributed by atoms with E-state index in [-0.39, 0.29) is 5.60 Å². The van der Waals surface area contributed by atoms with Gasteiger partial charge in [-0.05, 0) is 18.9 Å². The van der Waals surface area contributed by atoms with Gasteiger partial charge >= 0.3 is 0 Å². The van der Waals surface area contributed by atoms with Crippen LogP contribution in [-0.4, -0.2) is 43.5 Å². The predicted octanol–water partition coefficient (Wildman–Crippen LogP) is 1.44. The lowest BCUT2D eigenvalue weighted by molar-refractivity contribution is -0.0855. The van der Waals surface area contributed by atoms with Crippen molar-refractivity contribution >= 4 is 11.4 Å². The maximum absolute atomic E-state index is 6.01. The average molecular weight is 263 g/mol. The van der Waals surface area contributed by atoms with E-state index in [9.17, 15) is 0 Å². The number of nitrogens with two attached hydrogens (primary N) is 1. The van der Waals surface area contributed by atoms with Crippen LogP contribution in [-0.2, 0) is 9.47 Å². The molecule has 0 amide bonds. The Balaban J connectivity index is 1.76. The first kappa shape index (κ1) is 12.7. The summed E-state index contributed by atoms with van der Waals surface area (Å²) in [6.07, 6.45) is 6.53. The van der Waals surface area contributed by atoms with Gasteiger partial charge in [-0.15, -0.1) is 0 Å². The van der Waals surface area contributed by atoms with Crippen LogP contribution < -0.4 is 10.6 Å². The zero-order valence-electron chi connectivity index (χ0n) is 11.3. The Kier molecular flexibility index (Phi) is 3.33. The van der Waals surface area contributed by atoms with Gasteiger partial charge in [0.05, 0.1) is 29.8 Å². The maximum Gasteiger partial charge on any atom is 0.0956 e. The number of nitrogen functional groups attached to an aromatic ring is 1. The lowest BCUT2D eigenvalue weighted by atomic mass is 9.89. The zero-order chi connectivity index (χ0) is 13.3. The van der Waals surface area contributed by atoms with Crippen molar-refractivity contribution in [1.82, 2.24) is 4.98 Å². The first-order valence-electron chi connectivity index (χ1n) is 6.84. The first-order valence-corrected chi connectivity index (χ1v) is 6.84. The van der Waals surface area contributed by atoms with Crippen molar-refractivity contribution in [1.29, 1.82) is 0 Å². The number of nitrogens with zero attached hydrogens (tertiary/aromatic N) is 2. The van der Waals surface area contributed by atoms with E-state index in [1.165, 1.54) is 0 Å². The van der Waals surface area contributed by atoms with E-state index in [2.05, 4.69) is 16.9 Å². The number of rotatable bonds is 2. The number of hydrogen-bond donors (Lipinski definition) is 1. The highest BCUT2D eigenvalue weighted by Gasteiger charge is 2.42. The zero-order valence-corrected chi connectivity index (χ0v) is 11.3. The van der Waals surface area contributed by atoms with E-state index in [1.807, 2.05) is 6.07 Å². The largest absolute Gasteiger partial charge is 0.396 e. The van der Waals surface area contributed by atoms with Crippen molar-refractivity contribution < 1.29 is 9.47 Å². The maximum atomic E-state index is 6.01. The van der Waals surface area contributed by atoms with Crippen LogP contribution in [0.15, 0.2) is 18.5 Å². The Morgan fingerprint density at radius 2 is 2.37 bits per heavy atom. The van der Waals surface area contributed by atoms with Crippen molar-refractivity contribution in [2.24, 2.45) is 0 Å². The van der Waals surface area contributed by atoms with Crippen LogP contribution in [0.4, 0.5) is 11.4 Å². The Hall–Kier alpha value is -1.33. The third kappa shape index (κ3) is 2.40. The molecule has 2 atom stereocenters. The molecule has 3 rings (SSSR count). The lowest BCUT2D eigenvalue weighted by Gasteiger charge is -2.41. The summed E-state index contributed by atoms with van der Waals surface area (Å²) in [6, 6.07) is 2.42. The van der Waals surface area contributed by atoms with E-state index >= 15 is 0 Å². The van der Waals surface area contributed by atoms with Crippen LogP contribution in [0.1, 0.15) is 19.3 Å². The van der Waals surface area contributed by atoms with Gasteiger partial charge in [0.2, 0.25) is 0 Å². The van der Waals surface area contributed by atoms with Crippen molar-refractivity contribution in [3.8, 4) is 0 Å². The first-order chi connectivity index (χ1) is 9.20. The Morgan fingerprint density at radius 3 is 3.11 bits per heavy atom. The molecule has 2 N–H and O–H groups in total. The molecule has 19 heavy (non-hydrogen) atoms. The van der Waals surface area contributed by atoms with Gasteiger partial charge in [0.25, 0.3) is 0 Å². The Morgan fingerprint density at radius 1 is 1.47 bits per heavy atom. The van der Waals surface area contributed by atoms with Crippen molar-refractivity contribution in [2.75, 3.05) is 37.5 Å². The minimum absolute atomic E-state index is 0.0705. The summed E-state index contributed by atoms with van der Waals surface area (Å²) in [5, 5.41) is 0. The van der Waals surface area contributed by atoms with Crippen LogP contribution in [0.2, 0.25) is 0 Å². The molecule has 2 unspecified atom stereocenters. The van der Waals surface area contributed by atoms with Gasteiger partial charge < -0.3 is 20.1 Å². The van der Waals surface area contributed by atoms with Crippen LogP contribution in [0, 0.1) is 0 Å². The molecule has 0 radical (unpaired) electrons. The van der Waals surface area contributed by atoms with E-state index in [0.29, 0.717) is 6.04 Å².